The van der Waals surface area contributed by atoms with Crippen LogP contribution in [0.3, 0.4) is 0 Å². The van der Waals surface area contributed by atoms with Crippen molar-refractivity contribution in [3.8, 4) is 0 Å². The third-order valence-electron chi connectivity index (χ3n) is 3.63. The summed E-state index contributed by atoms with van der Waals surface area (Å²) in [4.78, 5) is 0. The van der Waals surface area contributed by atoms with Crippen LogP contribution in [0.4, 0.5) is 0 Å². The lowest BCUT2D eigenvalue weighted by Gasteiger charge is -2.38. The quantitative estimate of drug-likeness (QED) is 0.732. The average molecular weight is 186 g/mol. The van der Waals surface area contributed by atoms with Gasteiger partial charge < -0.3 is 9.84 Å². The fourth-order valence-corrected chi connectivity index (χ4v) is 2.06. The van der Waals surface area contributed by atoms with E-state index in [2.05, 4.69) is 27.7 Å². The summed E-state index contributed by atoms with van der Waals surface area (Å²) in [6, 6.07) is 0. The molecule has 0 amide bonds. The fraction of sp³-hybridized carbons (Fsp3) is 1.00. The molecule has 1 aliphatic rings. The predicted octanol–water partition coefficient (Wildman–Crippen LogP) is 2.21. The lowest BCUT2D eigenvalue weighted by molar-refractivity contribution is -0.0558. The van der Waals surface area contributed by atoms with Gasteiger partial charge in [0.15, 0.2) is 0 Å². The van der Waals surface area contributed by atoms with Crippen LogP contribution in [0.5, 0.6) is 0 Å². The summed E-state index contributed by atoms with van der Waals surface area (Å²) in [7, 11) is 0. The smallest absolute Gasteiger partial charge is 0.0709 e. The number of hydrogen-bond acceptors (Lipinski definition) is 2. The standard InChI is InChI=1S/C11H22O2/c1-9(8-12)7-11(4)10(2,3)5-6-13-11/h9,12H,5-8H2,1-4H3. The Bertz CT molecular complexity index is 177. The molecule has 0 radical (unpaired) electrons. The molecule has 1 rings (SSSR count). The summed E-state index contributed by atoms with van der Waals surface area (Å²) < 4.78 is 5.82. The second kappa shape index (κ2) is 3.58. The lowest BCUT2D eigenvalue weighted by atomic mass is 9.72. The SMILES string of the molecule is CC(CO)CC1(C)OCCC1(C)C. The van der Waals surface area contributed by atoms with E-state index in [1.165, 1.54) is 0 Å². The van der Waals surface area contributed by atoms with Crippen LogP contribution in [0.15, 0.2) is 0 Å². The van der Waals surface area contributed by atoms with Crippen molar-refractivity contribution in [1.29, 1.82) is 0 Å². The summed E-state index contributed by atoms with van der Waals surface area (Å²) in [5.41, 5.74) is 0.200. The van der Waals surface area contributed by atoms with Gasteiger partial charge in [-0.05, 0) is 31.1 Å². The van der Waals surface area contributed by atoms with E-state index in [1.54, 1.807) is 0 Å². The van der Waals surface area contributed by atoms with Gasteiger partial charge in [0.25, 0.3) is 0 Å². The van der Waals surface area contributed by atoms with Gasteiger partial charge in [-0.2, -0.15) is 0 Å². The van der Waals surface area contributed by atoms with Crippen LogP contribution < -0.4 is 0 Å². The van der Waals surface area contributed by atoms with Gasteiger partial charge in [0, 0.05) is 13.2 Å². The number of rotatable bonds is 3. The van der Waals surface area contributed by atoms with Crippen LogP contribution in [0.1, 0.15) is 40.5 Å². The summed E-state index contributed by atoms with van der Waals surface area (Å²) in [6.07, 6.45) is 2.08. The maximum Gasteiger partial charge on any atom is 0.0709 e. The largest absolute Gasteiger partial charge is 0.396 e. The highest BCUT2D eigenvalue weighted by Crippen LogP contribution is 2.46. The van der Waals surface area contributed by atoms with E-state index >= 15 is 0 Å². The van der Waals surface area contributed by atoms with Crippen LogP contribution in [-0.2, 0) is 4.74 Å². The minimum Gasteiger partial charge on any atom is -0.396 e. The Balaban J connectivity index is 2.64. The van der Waals surface area contributed by atoms with E-state index in [9.17, 15) is 0 Å². The lowest BCUT2D eigenvalue weighted by Crippen LogP contribution is -2.40. The molecule has 13 heavy (non-hydrogen) atoms. The zero-order valence-corrected chi connectivity index (χ0v) is 9.26. The Morgan fingerprint density at radius 2 is 2.00 bits per heavy atom. The molecule has 2 atom stereocenters. The van der Waals surface area contributed by atoms with Gasteiger partial charge in [-0.15, -0.1) is 0 Å². The van der Waals surface area contributed by atoms with Gasteiger partial charge in [-0.25, -0.2) is 0 Å². The average Bonchev–Trinajstić information content (AvgIpc) is 2.26. The first kappa shape index (κ1) is 11.0. The number of ether oxygens (including phenoxy) is 1. The molecule has 78 valence electrons. The second-order valence-electron chi connectivity index (χ2n) is 5.21. The highest BCUT2D eigenvalue weighted by molar-refractivity contribution is 4.96. The molecule has 0 spiro atoms. The zero-order chi connectivity index (χ0) is 10.1. The van der Waals surface area contributed by atoms with Gasteiger partial charge in [0.1, 0.15) is 0 Å². The maximum atomic E-state index is 9.02. The van der Waals surface area contributed by atoms with Crippen molar-refractivity contribution >= 4 is 0 Å². The number of aliphatic hydroxyl groups is 1. The normalized spacial score (nSPS) is 34.8. The van der Waals surface area contributed by atoms with Crippen LogP contribution in [0.25, 0.3) is 0 Å². The van der Waals surface area contributed by atoms with Crippen molar-refractivity contribution in [2.45, 2.75) is 46.1 Å². The van der Waals surface area contributed by atoms with Crippen molar-refractivity contribution < 1.29 is 9.84 Å². The van der Waals surface area contributed by atoms with E-state index in [4.69, 9.17) is 9.84 Å². The number of hydrogen-bond donors (Lipinski definition) is 1. The predicted molar refractivity (Wildman–Crippen MR) is 53.6 cm³/mol. The molecule has 1 aliphatic heterocycles. The van der Waals surface area contributed by atoms with E-state index in [1.807, 2.05) is 0 Å². The molecule has 1 saturated heterocycles. The van der Waals surface area contributed by atoms with E-state index in [0.717, 1.165) is 19.4 Å². The molecule has 0 aliphatic carbocycles. The first-order chi connectivity index (χ1) is 5.91. The topological polar surface area (TPSA) is 29.5 Å². The summed E-state index contributed by atoms with van der Waals surface area (Å²) in [5.74, 6) is 0.336. The first-order valence-corrected chi connectivity index (χ1v) is 5.16. The third-order valence-corrected chi connectivity index (χ3v) is 3.63. The zero-order valence-electron chi connectivity index (χ0n) is 9.26. The molecule has 0 aromatic heterocycles. The molecule has 2 unspecified atom stereocenters. The van der Waals surface area contributed by atoms with Gasteiger partial charge in [0.2, 0.25) is 0 Å². The molecule has 2 heteroatoms. The highest BCUT2D eigenvalue weighted by Gasteiger charge is 2.46. The summed E-state index contributed by atoms with van der Waals surface area (Å²) >= 11 is 0. The molecule has 1 heterocycles. The summed E-state index contributed by atoms with van der Waals surface area (Å²) in [5, 5.41) is 9.02. The van der Waals surface area contributed by atoms with Gasteiger partial charge in [-0.1, -0.05) is 20.8 Å². The Morgan fingerprint density at radius 1 is 1.38 bits per heavy atom. The molecular formula is C11H22O2. The third kappa shape index (κ3) is 2.05. The minimum atomic E-state index is -0.0465. The van der Waals surface area contributed by atoms with E-state index in [-0.39, 0.29) is 17.6 Å². The second-order valence-corrected chi connectivity index (χ2v) is 5.21. The van der Waals surface area contributed by atoms with E-state index < -0.39 is 0 Å². The Kier molecular flexibility index (Phi) is 3.03. The van der Waals surface area contributed by atoms with Crippen LogP contribution >= 0.6 is 0 Å². The van der Waals surface area contributed by atoms with Gasteiger partial charge in [-0.3, -0.25) is 0 Å². The first-order valence-electron chi connectivity index (χ1n) is 5.16. The minimum absolute atomic E-state index is 0.0465. The number of aliphatic hydroxyl groups excluding tert-OH is 1. The van der Waals surface area contributed by atoms with Crippen LogP contribution in [0, 0.1) is 11.3 Å². The molecule has 1 fully saturated rings. The van der Waals surface area contributed by atoms with E-state index in [0.29, 0.717) is 5.92 Å². The monoisotopic (exact) mass is 186 g/mol. The van der Waals surface area contributed by atoms with Crippen molar-refractivity contribution in [1.82, 2.24) is 0 Å². The maximum absolute atomic E-state index is 9.02. The van der Waals surface area contributed by atoms with Crippen molar-refractivity contribution in [2.75, 3.05) is 13.2 Å². The van der Waals surface area contributed by atoms with Gasteiger partial charge in [0.05, 0.1) is 5.60 Å². The van der Waals surface area contributed by atoms with Crippen molar-refractivity contribution in [2.24, 2.45) is 11.3 Å². The van der Waals surface area contributed by atoms with Crippen molar-refractivity contribution in [3.63, 3.8) is 0 Å². The van der Waals surface area contributed by atoms with Crippen molar-refractivity contribution in [3.05, 3.63) is 0 Å². The molecule has 1 N–H and O–H groups in total. The highest BCUT2D eigenvalue weighted by atomic mass is 16.5. The van der Waals surface area contributed by atoms with Crippen LogP contribution in [0.2, 0.25) is 0 Å². The Labute approximate surface area is 81.3 Å². The fourth-order valence-electron chi connectivity index (χ4n) is 2.06. The summed E-state index contributed by atoms with van der Waals surface area (Å²) in [6.45, 7) is 9.88. The molecule has 0 aromatic carbocycles. The molecule has 2 nitrogen and oxygen atoms in total. The van der Waals surface area contributed by atoms with Gasteiger partial charge >= 0.3 is 0 Å². The Morgan fingerprint density at radius 3 is 2.38 bits per heavy atom. The van der Waals surface area contributed by atoms with Crippen LogP contribution in [-0.4, -0.2) is 23.9 Å². The molecular weight excluding hydrogens is 164 g/mol. The molecule has 0 aromatic rings. The molecule has 0 saturated carbocycles. The Hall–Kier alpha value is -0.0800. The molecule has 0 bridgehead atoms.